The van der Waals surface area contributed by atoms with Crippen molar-refractivity contribution in [3.8, 4) is 0 Å². The third-order valence-corrected chi connectivity index (χ3v) is 3.40. The molecule has 2 rings (SSSR count). The molecule has 19 heavy (non-hydrogen) atoms. The zero-order chi connectivity index (χ0) is 13.8. The van der Waals surface area contributed by atoms with Gasteiger partial charge in [-0.1, -0.05) is 13.8 Å². The van der Waals surface area contributed by atoms with Crippen molar-refractivity contribution in [2.75, 3.05) is 13.1 Å². The van der Waals surface area contributed by atoms with Crippen molar-refractivity contribution in [2.45, 2.75) is 39.3 Å². The summed E-state index contributed by atoms with van der Waals surface area (Å²) in [5, 5.41) is 3.44. The lowest BCUT2D eigenvalue weighted by atomic mass is 9.99. The first kappa shape index (κ1) is 13.9. The Labute approximate surface area is 114 Å². The minimum atomic E-state index is -0.00731. The highest BCUT2D eigenvalue weighted by atomic mass is 16.2. The molecule has 1 aliphatic rings. The van der Waals surface area contributed by atoms with E-state index in [-0.39, 0.29) is 11.9 Å². The van der Waals surface area contributed by atoms with Gasteiger partial charge in [0.15, 0.2) is 0 Å². The second-order valence-corrected chi connectivity index (χ2v) is 5.64. The molecule has 1 saturated heterocycles. The van der Waals surface area contributed by atoms with Gasteiger partial charge in [-0.25, -0.2) is 4.98 Å². The van der Waals surface area contributed by atoms with Gasteiger partial charge in [-0.15, -0.1) is 0 Å². The van der Waals surface area contributed by atoms with Crippen LogP contribution in [0.3, 0.4) is 0 Å². The van der Waals surface area contributed by atoms with E-state index in [1.165, 1.54) is 0 Å². The normalized spacial score (nSPS) is 23.7. The molecule has 2 heterocycles. The van der Waals surface area contributed by atoms with Crippen molar-refractivity contribution in [3.63, 3.8) is 0 Å². The zero-order valence-corrected chi connectivity index (χ0v) is 11.8. The fourth-order valence-corrected chi connectivity index (χ4v) is 2.52. The number of hydrogen-bond donors (Lipinski definition) is 1. The number of nitrogens with zero attached hydrogens (tertiary/aromatic N) is 3. The molecular weight excluding hydrogens is 240 g/mol. The summed E-state index contributed by atoms with van der Waals surface area (Å²) in [6.07, 6.45) is 5.70. The fraction of sp³-hybridized carbons (Fsp3) is 0.643. The quantitative estimate of drug-likeness (QED) is 0.892. The van der Waals surface area contributed by atoms with Crippen molar-refractivity contribution >= 4 is 5.91 Å². The van der Waals surface area contributed by atoms with E-state index < -0.39 is 0 Å². The molecule has 1 aromatic heterocycles. The van der Waals surface area contributed by atoms with Gasteiger partial charge in [0.05, 0.1) is 6.20 Å². The van der Waals surface area contributed by atoms with Gasteiger partial charge in [-0.2, -0.15) is 0 Å². The highest BCUT2D eigenvalue weighted by molar-refractivity contribution is 5.92. The van der Waals surface area contributed by atoms with Crippen LogP contribution in [0, 0.1) is 5.92 Å². The number of hydrogen-bond acceptors (Lipinski definition) is 4. The van der Waals surface area contributed by atoms with Crippen molar-refractivity contribution < 1.29 is 4.79 Å². The summed E-state index contributed by atoms with van der Waals surface area (Å²) >= 11 is 0. The predicted molar refractivity (Wildman–Crippen MR) is 73.8 cm³/mol. The zero-order valence-electron chi connectivity index (χ0n) is 11.8. The van der Waals surface area contributed by atoms with Crippen molar-refractivity contribution in [1.29, 1.82) is 0 Å². The van der Waals surface area contributed by atoms with E-state index in [0.717, 1.165) is 19.5 Å². The van der Waals surface area contributed by atoms with Gasteiger partial charge in [0.25, 0.3) is 5.91 Å². The van der Waals surface area contributed by atoms with E-state index in [4.69, 9.17) is 0 Å². The number of piperazine rings is 1. The molecule has 0 spiro atoms. The highest BCUT2D eigenvalue weighted by Gasteiger charge is 2.31. The van der Waals surface area contributed by atoms with Gasteiger partial charge >= 0.3 is 0 Å². The molecule has 0 saturated carbocycles. The molecule has 5 heteroatoms. The Morgan fingerprint density at radius 1 is 1.53 bits per heavy atom. The minimum Gasteiger partial charge on any atom is -0.331 e. The van der Waals surface area contributed by atoms with Crippen molar-refractivity contribution in [3.05, 3.63) is 24.3 Å². The Bertz CT molecular complexity index is 421. The van der Waals surface area contributed by atoms with Gasteiger partial charge in [-0.05, 0) is 19.3 Å². The Kier molecular flexibility index (Phi) is 4.47. The molecule has 5 nitrogen and oxygen atoms in total. The summed E-state index contributed by atoms with van der Waals surface area (Å²) in [6.45, 7) is 8.05. The number of amides is 1. The molecule has 1 N–H and O–H groups in total. The van der Waals surface area contributed by atoms with Gasteiger partial charge in [0, 0.05) is 37.6 Å². The van der Waals surface area contributed by atoms with Crippen LogP contribution in [-0.4, -0.2) is 45.9 Å². The van der Waals surface area contributed by atoms with Crippen LogP contribution in [0.25, 0.3) is 0 Å². The summed E-state index contributed by atoms with van der Waals surface area (Å²) in [5.41, 5.74) is 0.436. The van der Waals surface area contributed by atoms with E-state index in [1.54, 1.807) is 18.6 Å². The van der Waals surface area contributed by atoms with Gasteiger partial charge in [0.2, 0.25) is 0 Å². The van der Waals surface area contributed by atoms with Gasteiger partial charge in [-0.3, -0.25) is 9.78 Å². The smallest absolute Gasteiger partial charge is 0.274 e. The topological polar surface area (TPSA) is 58.1 Å². The van der Waals surface area contributed by atoms with Crippen LogP contribution in [0.1, 0.15) is 37.7 Å². The standard InChI is InChI=1S/C14H22N4O/c1-10(2)6-12-7-17-11(3)9-18(12)14(19)13-8-15-4-5-16-13/h4-5,8,10-12,17H,6-7,9H2,1-3H3. The number of aromatic nitrogens is 2. The predicted octanol–water partition coefficient (Wildman–Crippen LogP) is 1.33. The fourth-order valence-electron chi connectivity index (χ4n) is 2.52. The molecular formula is C14H22N4O. The third-order valence-electron chi connectivity index (χ3n) is 3.40. The summed E-state index contributed by atoms with van der Waals surface area (Å²) in [5.74, 6) is 0.560. The second-order valence-electron chi connectivity index (χ2n) is 5.64. The van der Waals surface area contributed by atoms with Crippen molar-refractivity contribution in [2.24, 2.45) is 5.92 Å². The maximum absolute atomic E-state index is 12.5. The molecule has 1 aliphatic heterocycles. The molecule has 0 aromatic carbocycles. The molecule has 1 aromatic rings. The highest BCUT2D eigenvalue weighted by Crippen LogP contribution is 2.17. The van der Waals surface area contributed by atoms with Crippen LogP contribution in [-0.2, 0) is 0 Å². The SMILES string of the molecule is CC(C)CC1CNC(C)CN1C(=O)c1cnccn1. The van der Waals surface area contributed by atoms with E-state index in [0.29, 0.717) is 17.7 Å². The summed E-state index contributed by atoms with van der Waals surface area (Å²) in [4.78, 5) is 22.6. The maximum Gasteiger partial charge on any atom is 0.274 e. The molecule has 0 bridgehead atoms. The number of carbonyl (C=O) groups is 1. The largest absolute Gasteiger partial charge is 0.331 e. The van der Waals surface area contributed by atoms with Crippen LogP contribution in [0.2, 0.25) is 0 Å². The minimum absolute atomic E-state index is 0.00731. The summed E-state index contributed by atoms with van der Waals surface area (Å²) in [7, 11) is 0. The number of carbonyl (C=O) groups excluding carboxylic acids is 1. The summed E-state index contributed by atoms with van der Waals surface area (Å²) in [6, 6.07) is 0.565. The lowest BCUT2D eigenvalue weighted by Gasteiger charge is -2.40. The molecule has 0 aliphatic carbocycles. The lowest BCUT2D eigenvalue weighted by Crippen LogP contribution is -2.57. The van der Waals surface area contributed by atoms with E-state index in [1.807, 2.05) is 4.90 Å². The first-order valence-electron chi connectivity index (χ1n) is 6.88. The molecule has 1 amide bonds. The van der Waals surface area contributed by atoms with Crippen LogP contribution < -0.4 is 5.32 Å². The lowest BCUT2D eigenvalue weighted by molar-refractivity contribution is 0.0557. The van der Waals surface area contributed by atoms with Crippen LogP contribution in [0.5, 0.6) is 0 Å². The monoisotopic (exact) mass is 262 g/mol. The second kappa shape index (κ2) is 6.10. The number of nitrogens with one attached hydrogen (secondary N) is 1. The summed E-state index contributed by atoms with van der Waals surface area (Å²) < 4.78 is 0. The molecule has 1 fully saturated rings. The molecule has 0 radical (unpaired) electrons. The molecule has 2 unspecified atom stereocenters. The van der Waals surface area contributed by atoms with Gasteiger partial charge in [0.1, 0.15) is 5.69 Å². The Balaban J connectivity index is 2.15. The van der Waals surface area contributed by atoms with E-state index >= 15 is 0 Å². The van der Waals surface area contributed by atoms with Crippen LogP contribution >= 0.6 is 0 Å². The third kappa shape index (κ3) is 3.50. The van der Waals surface area contributed by atoms with E-state index in [9.17, 15) is 4.79 Å². The van der Waals surface area contributed by atoms with Gasteiger partial charge < -0.3 is 10.2 Å². The first-order chi connectivity index (χ1) is 9.08. The average Bonchev–Trinajstić information content (AvgIpc) is 2.40. The Morgan fingerprint density at radius 2 is 2.32 bits per heavy atom. The maximum atomic E-state index is 12.5. The first-order valence-corrected chi connectivity index (χ1v) is 6.88. The molecule has 104 valence electrons. The Hall–Kier alpha value is -1.49. The van der Waals surface area contributed by atoms with Crippen LogP contribution in [0.4, 0.5) is 0 Å². The average molecular weight is 262 g/mol. The van der Waals surface area contributed by atoms with Crippen LogP contribution in [0.15, 0.2) is 18.6 Å². The van der Waals surface area contributed by atoms with E-state index in [2.05, 4.69) is 36.1 Å². The Morgan fingerprint density at radius 3 is 2.95 bits per heavy atom. The van der Waals surface area contributed by atoms with Crippen molar-refractivity contribution in [1.82, 2.24) is 20.2 Å². The number of rotatable bonds is 3. The molecule has 2 atom stereocenters.